The molecule has 1 aliphatic heterocycles. The number of amides is 14. The summed E-state index contributed by atoms with van der Waals surface area (Å²) in [5.41, 5.74) is 20.1. The van der Waals surface area contributed by atoms with Crippen molar-refractivity contribution in [1.82, 2.24) is 74.1 Å². The van der Waals surface area contributed by atoms with Gasteiger partial charge in [0.25, 0.3) is 0 Å². The molecule has 0 bridgehead atoms. The second-order valence-electron chi connectivity index (χ2n) is 27.8. The van der Waals surface area contributed by atoms with Gasteiger partial charge in [0.05, 0.1) is 58.2 Å². The number of H-pyrrole nitrogens is 1. The van der Waals surface area contributed by atoms with Gasteiger partial charge < -0.3 is 122 Å². The summed E-state index contributed by atoms with van der Waals surface area (Å²) in [7, 11) is 0. The number of cyclic esters (lactones) is 1. The number of hydrogen-bond acceptors (Lipinski definition) is 24. The molecule has 1 saturated heterocycles. The number of para-hydroxylation sites is 2. The summed E-state index contributed by atoms with van der Waals surface area (Å²) in [4.78, 5) is 277. The lowest BCUT2D eigenvalue weighted by molar-refractivity contribution is -0.156. The predicted octanol–water partition coefficient (Wildman–Crippen LogP) is -5.20. The molecule has 0 aliphatic carbocycles. The molecule has 14 amide bonds. The van der Waals surface area contributed by atoms with E-state index in [0.29, 0.717) is 27.1 Å². The number of carboxylic acids is 4. The van der Waals surface area contributed by atoms with Crippen LogP contribution in [0.4, 0.5) is 5.69 Å². The van der Waals surface area contributed by atoms with Gasteiger partial charge in [-0.3, -0.25) is 91.1 Å². The number of aliphatic carboxylic acids is 4. The van der Waals surface area contributed by atoms with Crippen LogP contribution >= 0.6 is 11.6 Å². The fourth-order valence-electron chi connectivity index (χ4n) is 12.1. The molecule has 0 saturated carbocycles. The van der Waals surface area contributed by atoms with Gasteiger partial charge in [-0.25, -0.2) is 4.79 Å². The number of rotatable bonds is 30. The largest absolute Gasteiger partial charge is 0.481 e. The number of aromatic amines is 1. The van der Waals surface area contributed by atoms with Crippen molar-refractivity contribution in [3.63, 3.8) is 0 Å². The highest BCUT2D eigenvalue weighted by Crippen LogP contribution is 2.24. The van der Waals surface area contributed by atoms with Gasteiger partial charge in [-0.15, -0.1) is 0 Å². The number of fused-ring (bicyclic) bond motifs is 1. The molecule has 25 N–H and O–H groups in total. The average Bonchev–Trinajstić information content (AvgIpc) is 1.64. The Bertz CT molecular complexity index is 4680. The Hall–Kier alpha value is -14.0. The second-order valence-corrected chi connectivity index (χ2v) is 28.2. The zero-order chi connectivity index (χ0) is 88.8. The molecular weight excluding hydrogens is 1600 g/mol. The number of Topliss-reactive ketones (excluding diaryl/α,β-unsaturated/α-hetero) is 1. The smallest absolute Gasteiger partial charge is 0.329 e. The van der Waals surface area contributed by atoms with Gasteiger partial charge in [-0.05, 0) is 91.7 Å². The molecule has 2 heterocycles. The SMILES string of the molecule is CC1NC(=O)C(CC(=O)O)NC(=O)C(CCCN)NC(=O)CNC(=O)C(NC(=O)C(CC(=O)O)NC(=O)C(CC(N)=O)NC(=O)C(Cc2c[nH]c3ccccc23)NC(=O)Cc2ccc(-c3ccc(Cl)cc3)cc2)C(C)OC(=O)C(CC(=O)c2ccccc2N)NC(=O)C(C(C)CC(=O)O)NC(=O)C(CO)NC(=O)CNC(=O)C(CC(=O)O)NC1=O. The van der Waals surface area contributed by atoms with Crippen molar-refractivity contribution >= 4 is 147 Å². The summed E-state index contributed by atoms with van der Waals surface area (Å²) < 4.78 is 5.69. The van der Waals surface area contributed by atoms with Crippen LogP contribution in [0, 0.1) is 5.92 Å². The summed E-state index contributed by atoms with van der Waals surface area (Å²) >= 11 is 6.08. The topological polar surface area (TPSA) is 702 Å². The van der Waals surface area contributed by atoms with Crippen LogP contribution in [0.1, 0.15) is 93.6 Å². The Balaban J connectivity index is 1.40. The van der Waals surface area contributed by atoms with Gasteiger partial charge in [0, 0.05) is 46.2 Å². The van der Waals surface area contributed by atoms with E-state index in [0.717, 1.165) is 31.9 Å². The van der Waals surface area contributed by atoms with E-state index in [1.54, 1.807) is 79.0 Å². The zero-order valence-corrected chi connectivity index (χ0v) is 65.4. The van der Waals surface area contributed by atoms with E-state index in [4.69, 9.17) is 33.5 Å². The monoisotopic (exact) mass is 1690 g/mol. The molecule has 6 rings (SSSR count). The zero-order valence-electron chi connectivity index (χ0n) is 64.6. The standard InChI is InChI=1S/C76H92ClN17O26/c1-35(23-60(101)102)64-75(118)92-53(26-55(96)44-10-4-6-11-45(44)79)76(119)120-37(3)65(74(117)83-33-58(99)85-47(13-8-22-78)68(111)90-51(29-62(105)106)69(112)84-36(2)66(109)88-50(28-61(103)104)67(110)82-32-59(100)87-54(34-95)73(116)93-64)94-72(115)52(30-63(107)108)91-71(114)49(27-56(80)97)89-70(113)48(25-41-31-81-46-12-7-5-9-43(41)46)86-57(98)24-38-14-16-39(17-15-38)40-18-20-42(77)21-19-40/h4-7,9-12,14-21,31,35-37,47-54,64-65,81,95H,8,13,22-30,32-34,78-79H2,1-3H3,(H2,80,97)(H,82,110)(H,83,117)(H,84,112)(H,85,99)(H,86,98)(H,87,100)(H,88,109)(H,89,113)(H,90,111)(H,91,114)(H,92,118)(H,93,116)(H,94,115)(H,101,102)(H,103,104)(H,105,106)(H,107,108). The normalized spacial score (nSPS) is 20.7. The highest BCUT2D eigenvalue weighted by molar-refractivity contribution is 6.30. The lowest BCUT2D eigenvalue weighted by Gasteiger charge is -2.30. The number of nitrogens with two attached hydrogens (primary N) is 3. The molecular formula is C76H92ClN17O26. The number of nitrogen functional groups attached to an aromatic ring is 1. The quantitative estimate of drug-likeness (QED) is 0.0116. The van der Waals surface area contributed by atoms with Gasteiger partial charge in [-0.1, -0.05) is 85.3 Å². The van der Waals surface area contributed by atoms with Crippen LogP contribution in [0.3, 0.4) is 0 Å². The number of esters is 1. The first-order valence-electron chi connectivity index (χ1n) is 37.1. The maximum atomic E-state index is 14.9. The first-order valence-corrected chi connectivity index (χ1v) is 37.4. The number of ether oxygens (including phenoxy) is 1. The number of carboxylic acid groups (broad SMARTS) is 4. The molecule has 5 aromatic rings. The highest BCUT2D eigenvalue weighted by atomic mass is 35.5. The predicted molar refractivity (Wildman–Crippen MR) is 418 cm³/mol. The van der Waals surface area contributed by atoms with E-state index in [2.05, 4.69) is 58.2 Å². The Morgan fingerprint density at radius 3 is 1.68 bits per heavy atom. The van der Waals surface area contributed by atoms with Crippen LogP contribution in [0.5, 0.6) is 0 Å². The van der Waals surface area contributed by atoms with E-state index in [1.807, 2.05) is 16.0 Å². The number of aromatic nitrogens is 1. The molecule has 4 aromatic carbocycles. The summed E-state index contributed by atoms with van der Waals surface area (Å²) in [5.74, 6) is -30.2. The summed E-state index contributed by atoms with van der Waals surface area (Å²) in [5, 5.41) is 79.2. The maximum Gasteiger partial charge on any atom is 0.329 e. The van der Waals surface area contributed by atoms with Crippen molar-refractivity contribution in [2.24, 2.45) is 17.4 Å². The number of anilines is 1. The Morgan fingerprint density at radius 2 is 1.08 bits per heavy atom. The molecule has 13 unspecified atom stereocenters. The Morgan fingerprint density at radius 1 is 0.550 bits per heavy atom. The minimum absolute atomic E-state index is 0.103. The third-order valence-corrected chi connectivity index (χ3v) is 18.6. The first-order chi connectivity index (χ1) is 56.7. The van der Waals surface area contributed by atoms with Gasteiger partial charge >= 0.3 is 29.8 Å². The van der Waals surface area contributed by atoms with Crippen molar-refractivity contribution in [1.29, 1.82) is 0 Å². The molecule has 0 radical (unpaired) electrons. The highest BCUT2D eigenvalue weighted by Gasteiger charge is 2.41. The lowest BCUT2D eigenvalue weighted by Crippen LogP contribution is -2.62. The number of aliphatic hydroxyl groups is 1. The van der Waals surface area contributed by atoms with Gasteiger partial charge in [0.2, 0.25) is 82.7 Å². The Labute approximate surface area is 687 Å². The minimum Gasteiger partial charge on any atom is -0.481 e. The summed E-state index contributed by atoms with van der Waals surface area (Å²) in [6, 6.07) is 2.85. The third kappa shape index (κ3) is 29.6. The van der Waals surface area contributed by atoms with Crippen LogP contribution in [-0.2, 0) is 109 Å². The van der Waals surface area contributed by atoms with Crippen LogP contribution in [0.25, 0.3) is 22.0 Å². The van der Waals surface area contributed by atoms with E-state index in [-0.39, 0.29) is 37.1 Å². The van der Waals surface area contributed by atoms with E-state index in [1.165, 1.54) is 24.3 Å². The number of ketones is 1. The number of benzene rings is 4. The number of carbonyl (C=O) groups excluding carboxylic acids is 16. The fourth-order valence-corrected chi connectivity index (χ4v) is 12.2. The van der Waals surface area contributed by atoms with E-state index >= 15 is 0 Å². The van der Waals surface area contributed by atoms with Crippen molar-refractivity contribution < 1.29 is 126 Å². The molecule has 1 aliphatic rings. The minimum atomic E-state index is -2.47. The van der Waals surface area contributed by atoms with Crippen LogP contribution in [0.15, 0.2) is 103 Å². The van der Waals surface area contributed by atoms with E-state index < -0.39 is 261 Å². The van der Waals surface area contributed by atoms with Crippen LogP contribution < -0.4 is 86.3 Å². The summed E-state index contributed by atoms with van der Waals surface area (Å²) in [6.45, 7) is -1.01. The number of nitrogens with one attached hydrogen (secondary N) is 14. The molecule has 43 nitrogen and oxygen atoms in total. The second kappa shape index (κ2) is 45.5. The van der Waals surface area contributed by atoms with Gasteiger partial charge in [0.15, 0.2) is 5.78 Å². The molecule has 13 atom stereocenters. The Kier molecular flexibility index (Phi) is 36.0. The molecule has 0 spiro atoms. The maximum absolute atomic E-state index is 14.9. The van der Waals surface area contributed by atoms with Crippen molar-refractivity contribution in [2.45, 2.75) is 158 Å². The molecule has 120 heavy (non-hydrogen) atoms. The van der Waals surface area contributed by atoms with Crippen molar-refractivity contribution in [3.05, 3.63) is 125 Å². The van der Waals surface area contributed by atoms with Crippen LogP contribution in [0.2, 0.25) is 5.02 Å². The molecule has 644 valence electrons. The lowest BCUT2D eigenvalue weighted by atomic mass is 9.96. The molecule has 1 fully saturated rings. The number of primary amides is 1. The van der Waals surface area contributed by atoms with Crippen LogP contribution in [-0.4, -0.2) is 248 Å². The number of aliphatic hydroxyl groups excluding tert-OH is 1. The third-order valence-electron chi connectivity index (χ3n) is 18.4. The van der Waals surface area contributed by atoms with Gasteiger partial charge in [-0.2, -0.15) is 0 Å². The fraction of sp³-hybridized carbons (Fsp3) is 0.395. The number of halogens is 1. The van der Waals surface area contributed by atoms with Crippen molar-refractivity contribution in [3.8, 4) is 11.1 Å². The molecule has 44 heteroatoms. The first kappa shape index (κ1) is 94.9. The average molecular weight is 1700 g/mol. The molecule has 1 aromatic heterocycles. The summed E-state index contributed by atoms with van der Waals surface area (Å²) in [6.07, 6.45) is -8.84. The van der Waals surface area contributed by atoms with Crippen molar-refractivity contribution in [2.75, 3.05) is 32.0 Å². The van der Waals surface area contributed by atoms with E-state index in [9.17, 15) is 121 Å². The number of hydrogen-bond donors (Lipinski definition) is 22. The number of carbonyl (C=O) groups is 20. The van der Waals surface area contributed by atoms with Gasteiger partial charge in [0.1, 0.15) is 72.6 Å².